The highest BCUT2D eigenvalue weighted by atomic mass is 16.7. The van der Waals surface area contributed by atoms with Crippen LogP contribution in [0.2, 0.25) is 0 Å². The molecule has 1 heterocycles. The number of aromatic nitrogens is 1. The number of ether oxygens (including phenoxy) is 4. The van der Waals surface area contributed by atoms with E-state index in [2.05, 4.69) is 4.98 Å². The smallest absolute Gasteiger partial charge is 0.373 e. The third kappa shape index (κ3) is 5.99. The third-order valence-electron chi connectivity index (χ3n) is 4.83. The maximum atomic E-state index is 11.0. The highest BCUT2D eigenvalue weighted by Crippen LogP contribution is 2.21. The van der Waals surface area contributed by atoms with E-state index in [0.29, 0.717) is 30.5 Å². The molecular formula is C26H23NO6. The second-order valence-electron chi connectivity index (χ2n) is 7.22. The zero-order chi connectivity index (χ0) is 23.0. The van der Waals surface area contributed by atoms with Crippen LogP contribution in [-0.4, -0.2) is 29.5 Å². The minimum atomic E-state index is -1.36. The molecule has 0 aliphatic heterocycles. The van der Waals surface area contributed by atoms with Crippen molar-refractivity contribution < 1.29 is 28.8 Å². The molecule has 1 N–H and O–H groups in total. The SMILES string of the molecule is COC(Oc1cccc(COc2ccc(OCc3ccc4ccccc4n3)cc2)c1)C(=O)O. The van der Waals surface area contributed by atoms with E-state index in [1.807, 2.05) is 66.7 Å². The van der Waals surface area contributed by atoms with Crippen molar-refractivity contribution in [2.45, 2.75) is 19.5 Å². The van der Waals surface area contributed by atoms with Crippen molar-refractivity contribution in [3.05, 3.63) is 96.2 Å². The van der Waals surface area contributed by atoms with E-state index >= 15 is 0 Å². The molecule has 0 aliphatic rings. The van der Waals surface area contributed by atoms with Crippen LogP contribution < -0.4 is 14.2 Å². The molecule has 33 heavy (non-hydrogen) atoms. The van der Waals surface area contributed by atoms with E-state index in [4.69, 9.17) is 24.1 Å². The number of pyridine rings is 1. The summed E-state index contributed by atoms with van der Waals surface area (Å²) in [5.41, 5.74) is 2.63. The molecule has 0 bridgehead atoms. The van der Waals surface area contributed by atoms with Crippen LogP contribution in [0.5, 0.6) is 17.2 Å². The minimum absolute atomic E-state index is 0.295. The molecule has 0 amide bonds. The Morgan fingerprint density at radius 1 is 0.848 bits per heavy atom. The predicted octanol–water partition coefficient (Wildman–Crippen LogP) is 4.83. The monoisotopic (exact) mass is 445 g/mol. The van der Waals surface area contributed by atoms with Crippen molar-refractivity contribution in [3.8, 4) is 17.2 Å². The average molecular weight is 445 g/mol. The molecule has 168 valence electrons. The van der Waals surface area contributed by atoms with Crippen molar-refractivity contribution in [1.82, 2.24) is 4.98 Å². The Kier molecular flexibility index (Phi) is 7.02. The normalized spacial score (nSPS) is 11.7. The Morgan fingerprint density at radius 2 is 1.58 bits per heavy atom. The molecular weight excluding hydrogens is 422 g/mol. The highest BCUT2D eigenvalue weighted by Gasteiger charge is 2.18. The Bertz CT molecular complexity index is 1220. The van der Waals surface area contributed by atoms with Crippen molar-refractivity contribution in [3.63, 3.8) is 0 Å². The summed E-state index contributed by atoms with van der Waals surface area (Å²) in [5, 5.41) is 10.1. The molecule has 0 spiro atoms. The first-order valence-electron chi connectivity index (χ1n) is 10.3. The molecule has 0 saturated heterocycles. The number of rotatable bonds is 10. The standard InChI is InChI=1S/C26H23NO6/c1-30-26(25(28)29)33-23-7-4-5-18(15-23)16-31-21-11-13-22(14-12-21)32-17-20-10-9-19-6-2-3-8-24(19)27-20/h2-15,26H,16-17H2,1H3,(H,28,29). The lowest BCUT2D eigenvalue weighted by Crippen LogP contribution is -2.28. The molecule has 4 rings (SSSR count). The first kappa shape index (κ1) is 22.1. The summed E-state index contributed by atoms with van der Waals surface area (Å²) in [5.74, 6) is 0.582. The van der Waals surface area contributed by atoms with Gasteiger partial charge in [0.1, 0.15) is 30.5 Å². The fourth-order valence-electron chi connectivity index (χ4n) is 3.18. The Balaban J connectivity index is 1.30. The number of aliphatic carboxylic acids is 1. The lowest BCUT2D eigenvalue weighted by atomic mass is 10.2. The zero-order valence-electron chi connectivity index (χ0n) is 18.0. The van der Waals surface area contributed by atoms with E-state index in [0.717, 1.165) is 22.2 Å². The number of carbonyl (C=O) groups is 1. The predicted molar refractivity (Wildman–Crippen MR) is 122 cm³/mol. The summed E-state index contributed by atoms with van der Waals surface area (Å²) in [4.78, 5) is 15.7. The molecule has 1 unspecified atom stereocenters. The van der Waals surface area contributed by atoms with Gasteiger partial charge in [-0.25, -0.2) is 9.78 Å². The van der Waals surface area contributed by atoms with Gasteiger partial charge in [0.15, 0.2) is 0 Å². The van der Waals surface area contributed by atoms with Crippen LogP contribution in [0.15, 0.2) is 84.9 Å². The van der Waals surface area contributed by atoms with Gasteiger partial charge in [-0.3, -0.25) is 0 Å². The summed E-state index contributed by atoms with van der Waals surface area (Å²) in [6.07, 6.45) is -1.36. The second-order valence-corrected chi connectivity index (χ2v) is 7.22. The number of para-hydroxylation sites is 1. The van der Waals surface area contributed by atoms with Crippen LogP contribution in [-0.2, 0) is 22.7 Å². The van der Waals surface area contributed by atoms with E-state index in [1.54, 1.807) is 18.2 Å². The maximum Gasteiger partial charge on any atom is 0.373 e. The van der Waals surface area contributed by atoms with Gasteiger partial charge < -0.3 is 24.1 Å². The Labute approximate surface area is 191 Å². The van der Waals surface area contributed by atoms with Gasteiger partial charge in [-0.05, 0) is 54.1 Å². The zero-order valence-corrected chi connectivity index (χ0v) is 18.0. The van der Waals surface area contributed by atoms with Crippen LogP contribution in [0.4, 0.5) is 0 Å². The van der Waals surface area contributed by atoms with Gasteiger partial charge in [0.05, 0.1) is 11.2 Å². The van der Waals surface area contributed by atoms with Crippen LogP contribution in [0.1, 0.15) is 11.3 Å². The number of benzene rings is 3. The van der Waals surface area contributed by atoms with Crippen molar-refractivity contribution in [2.24, 2.45) is 0 Å². The van der Waals surface area contributed by atoms with Gasteiger partial charge >= 0.3 is 5.97 Å². The quantitative estimate of drug-likeness (QED) is 0.350. The topological polar surface area (TPSA) is 87.1 Å². The lowest BCUT2D eigenvalue weighted by Gasteiger charge is -2.14. The molecule has 1 atom stereocenters. The maximum absolute atomic E-state index is 11.0. The molecule has 0 aliphatic carbocycles. The highest BCUT2D eigenvalue weighted by molar-refractivity contribution is 5.78. The summed E-state index contributed by atoms with van der Waals surface area (Å²) in [7, 11) is 1.28. The van der Waals surface area contributed by atoms with E-state index in [1.165, 1.54) is 7.11 Å². The lowest BCUT2D eigenvalue weighted by molar-refractivity contribution is -0.166. The number of hydrogen-bond acceptors (Lipinski definition) is 6. The summed E-state index contributed by atoms with van der Waals surface area (Å²) >= 11 is 0. The molecule has 1 aromatic heterocycles. The van der Waals surface area contributed by atoms with Crippen molar-refractivity contribution >= 4 is 16.9 Å². The van der Waals surface area contributed by atoms with E-state index < -0.39 is 12.3 Å². The number of hydrogen-bond donors (Lipinski definition) is 1. The van der Waals surface area contributed by atoms with Crippen LogP contribution in [0.25, 0.3) is 10.9 Å². The summed E-state index contributed by atoms with van der Waals surface area (Å²) in [6.45, 7) is 0.666. The van der Waals surface area contributed by atoms with Gasteiger partial charge in [-0.1, -0.05) is 36.4 Å². The van der Waals surface area contributed by atoms with Gasteiger partial charge in [0, 0.05) is 12.5 Å². The number of carboxylic acid groups (broad SMARTS) is 1. The fourth-order valence-corrected chi connectivity index (χ4v) is 3.18. The van der Waals surface area contributed by atoms with E-state index in [-0.39, 0.29) is 0 Å². The molecule has 7 nitrogen and oxygen atoms in total. The second kappa shape index (κ2) is 10.5. The molecule has 0 saturated carbocycles. The summed E-state index contributed by atoms with van der Waals surface area (Å²) < 4.78 is 21.8. The van der Waals surface area contributed by atoms with Crippen LogP contribution in [0, 0.1) is 0 Å². The molecule has 4 aromatic rings. The van der Waals surface area contributed by atoms with Crippen molar-refractivity contribution in [1.29, 1.82) is 0 Å². The Hall–Kier alpha value is -4.10. The molecule has 0 fully saturated rings. The number of carboxylic acids is 1. The van der Waals surface area contributed by atoms with Crippen LogP contribution >= 0.6 is 0 Å². The van der Waals surface area contributed by atoms with Gasteiger partial charge in [0.2, 0.25) is 0 Å². The first-order valence-corrected chi connectivity index (χ1v) is 10.3. The van der Waals surface area contributed by atoms with Gasteiger partial charge in [-0.2, -0.15) is 0 Å². The fraction of sp³-hybridized carbons (Fsp3) is 0.154. The number of nitrogens with zero attached hydrogens (tertiary/aromatic N) is 1. The van der Waals surface area contributed by atoms with Crippen molar-refractivity contribution in [2.75, 3.05) is 7.11 Å². The van der Waals surface area contributed by atoms with Crippen LogP contribution in [0.3, 0.4) is 0 Å². The number of fused-ring (bicyclic) bond motifs is 1. The van der Waals surface area contributed by atoms with E-state index in [9.17, 15) is 4.79 Å². The van der Waals surface area contributed by atoms with Gasteiger partial charge in [-0.15, -0.1) is 0 Å². The third-order valence-corrected chi connectivity index (χ3v) is 4.83. The summed E-state index contributed by atoms with van der Waals surface area (Å²) in [6, 6.07) is 26.3. The molecule has 7 heteroatoms. The minimum Gasteiger partial charge on any atom is -0.489 e. The number of methoxy groups -OCH3 is 1. The van der Waals surface area contributed by atoms with Gasteiger partial charge in [0.25, 0.3) is 6.29 Å². The Morgan fingerprint density at radius 3 is 2.30 bits per heavy atom. The molecule has 3 aromatic carbocycles. The average Bonchev–Trinajstić information content (AvgIpc) is 2.85. The first-order chi connectivity index (χ1) is 16.1. The largest absolute Gasteiger partial charge is 0.489 e. The molecule has 0 radical (unpaired) electrons.